The van der Waals surface area contributed by atoms with Gasteiger partial charge >= 0.3 is 0 Å². The van der Waals surface area contributed by atoms with E-state index in [2.05, 4.69) is 178 Å². The van der Waals surface area contributed by atoms with Crippen LogP contribution in [0.4, 0.5) is 0 Å². The van der Waals surface area contributed by atoms with Crippen LogP contribution >= 0.6 is 0 Å². The number of fused-ring (bicyclic) bond motifs is 13. The molecule has 0 unspecified atom stereocenters. The molecule has 272 valence electrons. The van der Waals surface area contributed by atoms with Crippen molar-refractivity contribution in [1.29, 1.82) is 0 Å². The van der Waals surface area contributed by atoms with E-state index in [1.165, 1.54) is 44.0 Å². The quantitative estimate of drug-likeness (QED) is 0.169. The van der Waals surface area contributed by atoms with Crippen LogP contribution in [0, 0.1) is 0 Å². The molecule has 0 radical (unpaired) electrons. The first-order valence-corrected chi connectivity index (χ1v) is 19.9. The minimum absolute atomic E-state index is 0.151. The molecule has 0 N–H and O–H groups in total. The molecule has 0 fully saturated rings. The van der Waals surface area contributed by atoms with Crippen LogP contribution in [0.3, 0.4) is 0 Å². The molecule has 2 aromatic heterocycles. The smallest absolute Gasteiger partial charge is 0.164 e. The van der Waals surface area contributed by atoms with Gasteiger partial charge in [-0.3, -0.25) is 0 Å². The minimum Gasteiger partial charge on any atom is -0.455 e. The summed E-state index contributed by atoms with van der Waals surface area (Å²) in [5.74, 6) is 1.91. The summed E-state index contributed by atoms with van der Waals surface area (Å²) in [6.45, 7) is 4.62. The Kier molecular flexibility index (Phi) is 6.94. The van der Waals surface area contributed by atoms with E-state index in [0.29, 0.717) is 17.5 Å². The summed E-state index contributed by atoms with van der Waals surface area (Å²) in [7, 11) is 0. The van der Waals surface area contributed by atoms with Gasteiger partial charge in [0.25, 0.3) is 0 Å². The molecule has 58 heavy (non-hydrogen) atoms. The Bertz CT molecular complexity index is 3470. The molecular weight excluding hydrogens is 707 g/mol. The summed E-state index contributed by atoms with van der Waals surface area (Å²) < 4.78 is 6.64. The highest BCUT2D eigenvalue weighted by molar-refractivity contribution is 6.32. The Morgan fingerprint density at radius 2 is 0.879 bits per heavy atom. The minimum atomic E-state index is -0.151. The van der Waals surface area contributed by atoms with Crippen LogP contribution in [0.15, 0.2) is 180 Å². The second kappa shape index (κ2) is 12.3. The summed E-state index contributed by atoms with van der Waals surface area (Å²) >= 11 is 0. The number of furan rings is 1. The van der Waals surface area contributed by atoms with Crippen LogP contribution in [0.2, 0.25) is 0 Å². The van der Waals surface area contributed by atoms with E-state index in [4.69, 9.17) is 19.4 Å². The average Bonchev–Trinajstić information content (AvgIpc) is 3.78. The third kappa shape index (κ3) is 4.85. The molecule has 0 spiro atoms. The lowest BCUT2D eigenvalue weighted by atomic mass is 9.82. The fourth-order valence-electron chi connectivity index (χ4n) is 9.41. The molecule has 1 aliphatic carbocycles. The summed E-state index contributed by atoms with van der Waals surface area (Å²) in [6.07, 6.45) is 0. The third-order valence-corrected chi connectivity index (χ3v) is 12.3. The molecule has 12 rings (SSSR count). The van der Waals surface area contributed by atoms with Gasteiger partial charge in [0.2, 0.25) is 0 Å². The van der Waals surface area contributed by atoms with Gasteiger partial charge in [-0.1, -0.05) is 166 Å². The molecular formula is C54H35N3O. The van der Waals surface area contributed by atoms with Crippen molar-refractivity contribution < 1.29 is 4.42 Å². The van der Waals surface area contributed by atoms with Crippen LogP contribution in [-0.4, -0.2) is 15.0 Å². The molecule has 4 heteroatoms. The average molecular weight is 742 g/mol. The van der Waals surface area contributed by atoms with Gasteiger partial charge in [0, 0.05) is 38.3 Å². The number of benzene rings is 9. The molecule has 0 saturated carbocycles. The van der Waals surface area contributed by atoms with E-state index in [1.54, 1.807) is 0 Å². The monoisotopic (exact) mass is 741 g/mol. The molecule has 0 bridgehead atoms. The molecule has 9 aromatic carbocycles. The molecule has 1 aliphatic rings. The maximum atomic E-state index is 6.64. The van der Waals surface area contributed by atoms with Crippen molar-refractivity contribution in [2.45, 2.75) is 19.3 Å². The molecule has 2 heterocycles. The van der Waals surface area contributed by atoms with Gasteiger partial charge in [0.15, 0.2) is 17.5 Å². The first-order chi connectivity index (χ1) is 28.5. The van der Waals surface area contributed by atoms with Gasteiger partial charge in [-0.05, 0) is 84.6 Å². The first-order valence-electron chi connectivity index (χ1n) is 19.9. The first kappa shape index (κ1) is 32.8. The van der Waals surface area contributed by atoms with E-state index in [-0.39, 0.29) is 5.41 Å². The number of hydrogen-bond acceptors (Lipinski definition) is 4. The second-order valence-electron chi connectivity index (χ2n) is 15.9. The fourth-order valence-corrected chi connectivity index (χ4v) is 9.41. The van der Waals surface area contributed by atoms with Gasteiger partial charge in [0.05, 0.1) is 0 Å². The van der Waals surface area contributed by atoms with Crippen LogP contribution in [-0.2, 0) is 5.41 Å². The van der Waals surface area contributed by atoms with Crippen LogP contribution in [0.5, 0.6) is 0 Å². The Balaban J connectivity index is 1.08. The number of rotatable bonds is 4. The van der Waals surface area contributed by atoms with E-state index in [0.717, 1.165) is 60.4 Å². The molecule has 0 atom stereocenters. The third-order valence-electron chi connectivity index (χ3n) is 12.3. The lowest BCUT2D eigenvalue weighted by Gasteiger charge is -2.21. The zero-order valence-corrected chi connectivity index (χ0v) is 32.0. The van der Waals surface area contributed by atoms with Crippen molar-refractivity contribution in [2.24, 2.45) is 0 Å². The van der Waals surface area contributed by atoms with Crippen molar-refractivity contribution in [3.8, 4) is 56.4 Å². The van der Waals surface area contributed by atoms with Crippen molar-refractivity contribution in [3.05, 3.63) is 187 Å². The highest BCUT2D eigenvalue weighted by atomic mass is 16.3. The maximum absolute atomic E-state index is 6.64. The van der Waals surface area contributed by atoms with Crippen molar-refractivity contribution >= 4 is 54.3 Å². The number of nitrogens with zero attached hydrogens (tertiary/aromatic N) is 3. The Morgan fingerprint density at radius 3 is 1.67 bits per heavy atom. The molecule has 0 saturated heterocycles. The Hall–Kier alpha value is -7.43. The van der Waals surface area contributed by atoms with Gasteiger partial charge in [-0.15, -0.1) is 0 Å². The molecule has 4 nitrogen and oxygen atoms in total. The van der Waals surface area contributed by atoms with Gasteiger partial charge in [-0.25, -0.2) is 15.0 Å². The lowest BCUT2D eigenvalue weighted by Crippen LogP contribution is -2.15. The summed E-state index contributed by atoms with van der Waals surface area (Å²) in [5, 5.41) is 9.15. The fraction of sp³-hybridized carbons (Fsp3) is 0.0556. The van der Waals surface area contributed by atoms with Gasteiger partial charge in [-0.2, -0.15) is 0 Å². The lowest BCUT2D eigenvalue weighted by molar-refractivity contribution is 0.660. The largest absolute Gasteiger partial charge is 0.455 e. The van der Waals surface area contributed by atoms with E-state index in [1.807, 2.05) is 12.1 Å². The predicted octanol–water partition coefficient (Wildman–Crippen LogP) is 14.2. The summed E-state index contributed by atoms with van der Waals surface area (Å²) in [6, 6.07) is 62.4. The zero-order valence-electron chi connectivity index (χ0n) is 32.0. The van der Waals surface area contributed by atoms with Gasteiger partial charge < -0.3 is 4.42 Å². The van der Waals surface area contributed by atoms with E-state index in [9.17, 15) is 0 Å². The summed E-state index contributed by atoms with van der Waals surface area (Å²) in [5.41, 5.74) is 12.0. The van der Waals surface area contributed by atoms with Crippen molar-refractivity contribution in [3.63, 3.8) is 0 Å². The number of aromatic nitrogens is 3. The molecule has 0 amide bonds. The highest BCUT2D eigenvalue weighted by Crippen LogP contribution is 2.49. The van der Waals surface area contributed by atoms with E-state index >= 15 is 0 Å². The SMILES string of the molecule is CC1(C)c2ccccc2-c2ccc(-c3nc(-c4ccc(-c5ccccc5)cc4)nc(-c4ccc5c(c4)c4ccccc4c4ccc6c7ccccc7oc6c45)n3)cc21. The number of hydrogen-bond donors (Lipinski definition) is 0. The van der Waals surface area contributed by atoms with Crippen molar-refractivity contribution in [1.82, 2.24) is 15.0 Å². The summed E-state index contributed by atoms with van der Waals surface area (Å²) in [4.78, 5) is 15.7. The van der Waals surface area contributed by atoms with Crippen LogP contribution in [0.25, 0.3) is 111 Å². The normalized spacial score (nSPS) is 13.1. The maximum Gasteiger partial charge on any atom is 0.164 e. The Morgan fingerprint density at radius 1 is 0.362 bits per heavy atom. The van der Waals surface area contributed by atoms with Crippen LogP contribution < -0.4 is 0 Å². The molecule has 0 aliphatic heterocycles. The predicted molar refractivity (Wildman–Crippen MR) is 239 cm³/mol. The topological polar surface area (TPSA) is 51.8 Å². The highest BCUT2D eigenvalue weighted by Gasteiger charge is 2.35. The molecule has 11 aromatic rings. The van der Waals surface area contributed by atoms with Gasteiger partial charge in [0.1, 0.15) is 11.2 Å². The van der Waals surface area contributed by atoms with Crippen LogP contribution in [0.1, 0.15) is 25.0 Å². The Labute approximate surface area is 335 Å². The standard InChI is InChI=1S/C54H35N3O/c1-54(2)46-18-10-8-16-39(46)40-26-24-36(31-47(40)54)53-56-51(34-22-20-33(21-23-34)32-12-4-3-5-13-32)55-52(57-53)35-25-27-43-45(30-35)38-15-7-6-14-37(38)42-28-29-44-41-17-9-11-19-48(41)58-50(44)49(42)43/h3-31H,1-2H3. The zero-order chi connectivity index (χ0) is 38.5. The second-order valence-corrected chi connectivity index (χ2v) is 15.9. The van der Waals surface area contributed by atoms with E-state index < -0.39 is 0 Å². The number of para-hydroxylation sites is 1. The van der Waals surface area contributed by atoms with Crippen molar-refractivity contribution in [2.75, 3.05) is 0 Å².